The molecule has 0 saturated carbocycles. The molecule has 0 aliphatic heterocycles. The van der Waals surface area contributed by atoms with Crippen molar-refractivity contribution in [1.82, 2.24) is 10.2 Å². The largest absolute Gasteiger partial charge is 0.412 e. The molecule has 0 fully saturated rings. The summed E-state index contributed by atoms with van der Waals surface area (Å²) in [5, 5.41) is 9.63. The molecule has 1 heterocycles. The highest BCUT2D eigenvalue weighted by Crippen LogP contribution is 2.27. The lowest BCUT2D eigenvalue weighted by Crippen LogP contribution is -1.81. The molecule has 0 saturated heterocycles. The second-order valence-corrected chi connectivity index (χ2v) is 6.43. The molecular formula is C17H12Cl2N2OS. The van der Waals surface area contributed by atoms with Gasteiger partial charge in [0.05, 0.1) is 10.0 Å². The number of halogens is 2. The number of nitrogens with zero attached hydrogens (tertiary/aromatic N) is 2. The van der Waals surface area contributed by atoms with E-state index in [4.69, 9.17) is 27.6 Å². The minimum Gasteiger partial charge on any atom is -0.412 e. The third kappa shape index (κ3) is 4.61. The SMILES string of the molecule is Clc1ccc(CSc2nnc(C=Cc3ccccc3)o2)cc1Cl. The lowest BCUT2D eigenvalue weighted by Gasteiger charge is -2.00. The van der Waals surface area contributed by atoms with Crippen molar-refractivity contribution in [2.45, 2.75) is 11.0 Å². The van der Waals surface area contributed by atoms with Gasteiger partial charge in [-0.15, -0.1) is 10.2 Å². The summed E-state index contributed by atoms with van der Waals surface area (Å²) in [6.45, 7) is 0. The second-order valence-electron chi connectivity index (χ2n) is 4.69. The Morgan fingerprint density at radius 1 is 0.957 bits per heavy atom. The molecule has 0 atom stereocenters. The summed E-state index contributed by atoms with van der Waals surface area (Å²) in [6, 6.07) is 15.5. The van der Waals surface area contributed by atoms with Gasteiger partial charge in [-0.2, -0.15) is 0 Å². The monoisotopic (exact) mass is 362 g/mol. The molecule has 3 aromatic rings. The van der Waals surface area contributed by atoms with Gasteiger partial charge < -0.3 is 4.42 Å². The fourth-order valence-corrected chi connectivity index (χ4v) is 2.89. The highest BCUT2D eigenvalue weighted by Gasteiger charge is 2.06. The molecule has 3 rings (SSSR count). The fourth-order valence-electron chi connectivity index (χ4n) is 1.85. The van der Waals surface area contributed by atoms with Crippen LogP contribution >= 0.6 is 35.0 Å². The molecule has 0 N–H and O–H groups in total. The van der Waals surface area contributed by atoms with Crippen molar-refractivity contribution in [3.05, 3.63) is 75.6 Å². The van der Waals surface area contributed by atoms with Crippen molar-refractivity contribution < 1.29 is 4.42 Å². The maximum atomic E-state index is 6.00. The minimum absolute atomic E-state index is 0.477. The van der Waals surface area contributed by atoms with Gasteiger partial charge in [0.2, 0.25) is 5.89 Å². The molecule has 0 spiro atoms. The maximum absolute atomic E-state index is 6.00. The van der Waals surface area contributed by atoms with Crippen LogP contribution in [0.3, 0.4) is 0 Å². The Bertz CT molecular complexity index is 818. The highest BCUT2D eigenvalue weighted by atomic mass is 35.5. The van der Waals surface area contributed by atoms with Crippen LogP contribution in [0.25, 0.3) is 12.2 Å². The van der Waals surface area contributed by atoms with Crippen molar-refractivity contribution >= 4 is 47.1 Å². The zero-order chi connectivity index (χ0) is 16.1. The van der Waals surface area contributed by atoms with Crippen LogP contribution in [0.15, 0.2) is 58.2 Å². The van der Waals surface area contributed by atoms with Crippen molar-refractivity contribution in [1.29, 1.82) is 0 Å². The van der Waals surface area contributed by atoms with E-state index in [1.54, 1.807) is 12.1 Å². The topological polar surface area (TPSA) is 38.9 Å². The van der Waals surface area contributed by atoms with E-state index in [-0.39, 0.29) is 0 Å². The number of rotatable bonds is 5. The van der Waals surface area contributed by atoms with E-state index in [2.05, 4.69) is 10.2 Å². The van der Waals surface area contributed by atoms with Gasteiger partial charge in [-0.1, -0.05) is 71.4 Å². The summed E-state index contributed by atoms with van der Waals surface area (Å²) >= 11 is 13.4. The molecule has 2 aromatic carbocycles. The summed E-state index contributed by atoms with van der Waals surface area (Å²) in [6.07, 6.45) is 3.73. The van der Waals surface area contributed by atoms with Crippen LogP contribution in [0, 0.1) is 0 Å². The van der Waals surface area contributed by atoms with Crippen molar-refractivity contribution in [2.75, 3.05) is 0 Å². The first-order valence-corrected chi connectivity index (χ1v) is 8.58. The van der Waals surface area contributed by atoms with Gasteiger partial charge in [0.1, 0.15) is 0 Å². The third-order valence-electron chi connectivity index (χ3n) is 2.99. The standard InChI is InChI=1S/C17H12Cl2N2OS/c18-14-8-6-13(10-15(14)19)11-23-17-21-20-16(22-17)9-7-12-4-2-1-3-5-12/h1-10H,11H2. The Labute approximate surface area is 148 Å². The van der Waals surface area contributed by atoms with Crippen molar-refractivity contribution in [3.63, 3.8) is 0 Å². The van der Waals surface area contributed by atoms with E-state index in [0.717, 1.165) is 11.1 Å². The van der Waals surface area contributed by atoms with Crippen LogP contribution in [0.4, 0.5) is 0 Å². The van der Waals surface area contributed by atoms with Gasteiger partial charge in [0, 0.05) is 11.8 Å². The van der Waals surface area contributed by atoms with Gasteiger partial charge in [-0.25, -0.2) is 0 Å². The summed E-state index contributed by atoms with van der Waals surface area (Å²) in [5.74, 6) is 1.16. The summed E-state index contributed by atoms with van der Waals surface area (Å²) < 4.78 is 5.58. The van der Waals surface area contributed by atoms with E-state index in [1.807, 2.05) is 48.5 Å². The van der Waals surface area contributed by atoms with Crippen molar-refractivity contribution in [2.24, 2.45) is 0 Å². The minimum atomic E-state index is 0.477. The summed E-state index contributed by atoms with van der Waals surface area (Å²) in [4.78, 5) is 0. The van der Waals surface area contributed by atoms with Gasteiger partial charge in [0.25, 0.3) is 5.22 Å². The molecule has 6 heteroatoms. The van der Waals surface area contributed by atoms with Crippen LogP contribution < -0.4 is 0 Å². The molecule has 0 unspecified atom stereocenters. The Hall–Kier alpha value is -1.75. The summed E-state index contributed by atoms with van der Waals surface area (Å²) in [5.41, 5.74) is 2.12. The highest BCUT2D eigenvalue weighted by molar-refractivity contribution is 7.98. The van der Waals surface area contributed by atoms with Crippen LogP contribution in [0.1, 0.15) is 17.0 Å². The number of hydrogen-bond acceptors (Lipinski definition) is 4. The molecule has 0 aliphatic carbocycles. The lowest BCUT2D eigenvalue weighted by atomic mass is 10.2. The van der Waals surface area contributed by atoms with E-state index in [0.29, 0.717) is 26.9 Å². The van der Waals surface area contributed by atoms with Crippen LogP contribution in [0.2, 0.25) is 10.0 Å². The predicted molar refractivity (Wildman–Crippen MR) is 95.7 cm³/mol. The van der Waals surface area contributed by atoms with E-state index >= 15 is 0 Å². The lowest BCUT2D eigenvalue weighted by molar-refractivity contribution is 0.446. The third-order valence-corrected chi connectivity index (χ3v) is 4.61. The van der Waals surface area contributed by atoms with E-state index < -0.39 is 0 Å². The van der Waals surface area contributed by atoms with Crippen LogP contribution in [-0.4, -0.2) is 10.2 Å². The first-order valence-electron chi connectivity index (χ1n) is 6.84. The van der Waals surface area contributed by atoms with E-state index in [9.17, 15) is 0 Å². The second kappa shape index (κ2) is 7.68. The fraction of sp³-hybridized carbons (Fsp3) is 0.0588. The molecular weight excluding hydrogens is 351 g/mol. The molecule has 0 amide bonds. The molecule has 23 heavy (non-hydrogen) atoms. The van der Waals surface area contributed by atoms with Gasteiger partial charge >= 0.3 is 0 Å². The first-order chi connectivity index (χ1) is 11.2. The first kappa shape index (κ1) is 16.1. The van der Waals surface area contributed by atoms with Crippen molar-refractivity contribution in [3.8, 4) is 0 Å². The molecule has 116 valence electrons. The summed E-state index contributed by atoms with van der Waals surface area (Å²) in [7, 11) is 0. The number of hydrogen-bond donors (Lipinski definition) is 0. The number of benzene rings is 2. The number of aromatic nitrogens is 2. The van der Waals surface area contributed by atoms with Gasteiger partial charge in [-0.05, 0) is 29.3 Å². The molecule has 0 radical (unpaired) electrons. The Balaban J connectivity index is 1.61. The van der Waals surface area contributed by atoms with Gasteiger partial charge in [0.15, 0.2) is 0 Å². The molecule has 0 aliphatic rings. The zero-order valence-electron chi connectivity index (χ0n) is 11.9. The van der Waals surface area contributed by atoms with Gasteiger partial charge in [-0.3, -0.25) is 0 Å². The smallest absolute Gasteiger partial charge is 0.277 e. The predicted octanol–water partition coefficient (Wildman–Crippen LogP) is 5.84. The normalized spacial score (nSPS) is 11.2. The van der Waals surface area contributed by atoms with E-state index in [1.165, 1.54) is 11.8 Å². The quantitative estimate of drug-likeness (QED) is 0.534. The van der Waals surface area contributed by atoms with Crippen LogP contribution in [0.5, 0.6) is 0 Å². The Morgan fingerprint density at radius 2 is 1.78 bits per heavy atom. The molecule has 0 bridgehead atoms. The molecule has 1 aromatic heterocycles. The Morgan fingerprint density at radius 3 is 2.57 bits per heavy atom. The van der Waals surface area contributed by atoms with Crippen LogP contribution in [-0.2, 0) is 5.75 Å². The average Bonchev–Trinajstić information content (AvgIpc) is 3.03. The molecule has 3 nitrogen and oxygen atoms in total. The Kier molecular flexibility index (Phi) is 5.39. The zero-order valence-corrected chi connectivity index (χ0v) is 14.3. The maximum Gasteiger partial charge on any atom is 0.277 e. The average molecular weight is 363 g/mol. The number of thioether (sulfide) groups is 1.